The molecule has 3 aromatic carbocycles. The van der Waals surface area contributed by atoms with Gasteiger partial charge in [-0.05, 0) is 57.2 Å². The molecule has 2 unspecified atom stereocenters. The molecule has 28 heteroatoms. The van der Waals surface area contributed by atoms with Gasteiger partial charge in [0.1, 0.15) is 34.2 Å². The molecule has 0 saturated heterocycles. The number of rotatable bonds is 13. The van der Waals surface area contributed by atoms with Gasteiger partial charge in [-0.15, -0.1) is 0 Å². The number of aliphatic hydroxyl groups excluding tert-OH is 2. The molecule has 0 bridgehead atoms. The Labute approximate surface area is 542 Å². The first kappa shape index (κ1) is 64.5. The second-order valence-electron chi connectivity index (χ2n) is 21.2. The van der Waals surface area contributed by atoms with E-state index in [4.69, 9.17) is 25.0 Å². The van der Waals surface area contributed by atoms with Crippen LogP contribution < -0.4 is 16.4 Å². The second-order valence-corrected chi connectivity index (χ2v) is 21.8. The van der Waals surface area contributed by atoms with Crippen LogP contribution in [0, 0.1) is 38.2 Å². The first-order chi connectivity index (χ1) is 45.6. The molecule has 0 fully saturated rings. The predicted octanol–water partition coefficient (Wildman–Crippen LogP) is 11.7. The van der Waals surface area contributed by atoms with E-state index in [1.807, 2.05) is 106 Å². The molecular weight excluding hydrogens is 1270 g/mol. The normalized spacial score (nSPS) is 11.7. The number of hydrogen-bond acceptors (Lipinski definition) is 17. The maximum atomic E-state index is 13.7. The van der Waals surface area contributed by atoms with Crippen LogP contribution in [0.15, 0.2) is 184 Å². The summed E-state index contributed by atoms with van der Waals surface area (Å²) in [5, 5.41) is 42.9. The molecule has 23 nitrogen and oxygen atoms in total. The molecule has 0 aliphatic rings. The van der Waals surface area contributed by atoms with Gasteiger partial charge < -0.3 is 41.5 Å². The van der Waals surface area contributed by atoms with E-state index in [0.717, 1.165) is 79.1 Å². The van der Waals surface area contributed by atoms with Crippen molar-refractivity contribution in [3.63, 3.8) is 0 Å². The fourth-order valence-corrected chi connectivity index (χ4v) is 10.5. The van der Waals surface area contributed by atoms with Crippen LogP contribution in [0.4, 0.5) is 24.8 Å². The van der Waals surface area contributed by atoms with E-state index in [-0.39, 0.29) is 25.4 Å². The van der Waals surface area contributed by atoms with Crippen LogP contribution in [0.1, 0.15) is 50.4 Å². The molecule has 94 heavy (non-hydrogen) atoms. The minimum absolute atomic E-state index is 0.0599. The number of ketones is 1. The molecule has 12 aromatic heterocycles. The molecule has 0 amide bonds. The average Bonchev–Trinajstić information content (AvgIpc) is 1.64. The first-order valence-electron chi connectivity index (χ1n) is 28.8. The molecule has 0 spiro atoms. The number of aliphatic hydroxyl groups is 2. The van der Waals surface area contributed by atoms with Gasteiger partial charge in [-0.25, -0.2) is 32.6 Å². The van der Waals surface area contributed by atoms with Gasteiger partial charge in [0, 0.05) is 151 Å². The Kier molecular flexibility index (Phi) is 19.9. The standard InChI is InChI=1S/C22H19FN6O.C22H17FN6O.C12H8ClFN4.C10H12N2O.Mn.2O/c2*1-13-8-27-29-21(7-19(28-22(13)29)14-6-15(23)10-24-9-14)26-12-20(30)17-11-25-18-5-3-2-4-16(17)18;1-7-4-16-18-11(13)3-10(17-12(7)18)8-2-9(14)6-15-5-8;11-5-10(13)8-6-12-9-4-2-1-3-7(8)9;;;/h2-11,20,25-26,30H,12H2,1H3;2-11,25-26H,12H2,1H3;2-6H,1H3;1-4,6,10,12-13H,5,11H2;;;. The Hall–Kier alpha value is -11.1. The van der Waals surface area contributed by atoms with Crippen LogP contribution in [0.25, 0.3) is 83.4 Å². The number of halogens is 4. The number of carbonyl (C=O) groups excluding carboxylic acids is 1. The quantitative estimate of drug-likeness (QED) is 0.0302. The van der Waals surface area contributed by atoms with E-state index in [0.29, 0.717) is 73.1 Å². The number of H-pyrrole nitrogens is 3. The Morgan fingerprint density at radius 3 is 1.40 bits per heavy atom. The summed E-state index contributed by atoms with van der Waals surface area (Å²) in [6, 6.07) is 32.6. The average molecular weight is 1330 g/mol. The number of aromatic amines is 3. The van der Waals surface area contributed by atoms with Crippen LogP contribution in [0.5, 0.6) is 0 Å². The summed E-state index contributed by atoms with van der Waals surface area (Å²) in [4.78, 5) is 47.5. The third-order valence-corrected chi connectivity index (χ3v) is 15.2. The topological polar surface area (TPSA) is 318 Å². The number of pyridine rings is 3. The number of Topliss-reactive ketones (excluding diaryl/α,β-unsaturated/α-hetero) is 1. The monoisotopic (exact) mass is 1330 g/mol. The van der Waals surface area contributed by atoms with Crippen LogP contribution in [0.3, 0.4) is 0 Å². The molecule has 0 saturated carbocycles. The summed E-state index contributed by atoms with van der Waals surface area (Å²) in [5.41, 5.74) is 18.6. The number of aromatic nitrogens is 15. The van der Waals surface area contributed by atoms with Gasteiger partial charge in [0.15, 0.2) is 22.7 Å². The van der Waals surface area contributed by atoms with Gasteiger partial charge in [-0.3, -0.25) is 19.7 Å². The van der Waals surface area contributed by atoms with Crippen molar-refractivity contribution in [2.75, 3.05) is 30.3 Å². The van der Waals surface area contributed by atoms with Crippen LogP contribution >= 0.6 is 11.6 Å². The van der Waals surface area contributed by atoms with E-state index in [9.17, 15) is 28.2 Å². The van der Waals surface area contributed by atoms with Crippen molar-refractivity contribution in [2.45, 2.75) is 33.0 Å². The third kappa shape index (κ3) is 14.3. The Balaban J connectivity index is 0.000000132. The molecule has 0 radical (unpaired) electrons. The number of benzene rings is 3. The minimum atomic E-state index is -1.44. The molecule has 0 aliphatic carbocycles. The molecule has 2 atom stereocenters. The molecule has 15 aromatic rings. The zero-order chi connectivity index (χ0) is 66.0. The summed E-state index contributed by atoms with van der Waals surface area (Å²) in [7, 11) is 0. The van der Waals surface area contributed by atoms with E-state index in [2.05, 4.69) is 70.8 Å². The van der Waals surface area contributed by atoms with E-state index in [1.165, 1.54) is 22.7 Å². The van der Waals surface area contributed by atoms with Crippen molar-refractivity contribution in [1.82, 2.24) is 73.7 Å². The van der Waals surface area contributed by atoms with Gasteiger partial charge in [-0.1, -0.05) is 66.2 Å². The molecule has 12 heterocycles. The molecular formula is C66H56ClF3MnN18O5. The van der Waals surface area contributed by atoms with Gasteiger partial charge in [-0.2, -0.15) is 24.3 Å². The molecule has 15 rings (SSSR count). The van der Waals surface area contributed by atoms with Crippen molar-refractivity contribution in [3.05, 3.63) is 240 Å². The van der Waals surface area contributed by atoms with Gasteiger partial charge >= 0.3 is 22.5 Å². The van der Waals surface area contributed by atoms with Crippen molar-refractivity contribution >= 4 is 78.7 Å². The summed E-state index contributed by atoms with van der Waals surface area (Å²) in [5.74, 6) is -0.107. The van der Waals surface area contributed by atoms with E-state index < -0.39 is 44.5 Å². The van der Waals surface area contributed by atoms with Gasteiger partial charge in [0.25, 0.3) is 0 Å². The Bertz CT molecular complexity index is 5240. The van der Waals surface area contributed by atoms with Crippen LogP contribution in [-0.4, -0.2) is 109 Å². The number of nitrogens with zero attached hydrogens (tertiary/aromatic N) is 12. The zero-order valence-corrected chi connectivity index (χ0v) is 52.0. The summed E-state index contributed by atoms with van der Waals surface area (Å²) < 4.78 is 62.1. The Morgan fingerprint density at radius 2 is 0.936 bits per heavy atom. The summed E-state index contributed by atoms with van der Waals surface area (Å²) in [6.07, 6.45) is 17.2. The molecule has 475 valence electrons. The number of anilines is 2. The fourth-order valence-electron chi connectivity index (χ4n) is 10.3. The maximum absolute atomic E-state index is 13.7. The van der Waals surface area contributed by atoms with Crippen LogP contribution in [0.2, 0.25) is 5.15 Å². The third-order valence-electron chi connectivity index (χ3n) is 14.9. The SMILES string of the molecule is Cc1cnn2c(Cl)cc(-c3cncc(F)c3)nc12.Cc1cnn2c(NCC(=O)c3c[nH]c4ccccc34)cc(-c3cncc(F)c3)nc12.Cc1cnn2c(NCC(O)c3c[nH]c4ccccc34)cc(-c3cncc(F)c3)nc12.NCC(O)c1c[nH]c2ccccc12.[O]=[Mn]=[O]. The number of aryl methyl sites for hydroxylation is 3. The number of fused-ring (bicyclic) bond motifs is 6. The van der Waals surface area contributed by atoms with Crippen molar-refractivity contribution in [3.8, 4) is 33.8 Å². The van der Waals surface area contributed by atoms with E-state index in [1.54, 1.807) is 70.6 Å². The predicted molar refractivity (Wildman–Crippen MR) is 344 cm³/mol. The van der Waals surface area contributed by atoms with Crippen LogP contribution in [-0.2, 0) is 22.5 Å². The van der Waals surface area contributed by atoms with Crippen molar-refractivity contribution in [2.24, 2.45) is 5.73 Å². The molecule has 0 aliphatic heterocycles. The summed E-state index contributed by atoms with van der Waals surface area (Å²) >= 11 is 4.67. The number of para-hydroxylation sites is 3. The van der Waals surface area contributed by atoms with Gasteiger partial charge in [0.05, 0.1) is 73.0 Å². The number of hydrogen-bond donors (Lipinski definition) is 8. The van der Waals surface area contributed by atoms with E-state index >= 15 is 0 Å². The van der Waals surface area contributed by atoms with Gasteiger partial charge in [0.2, 0.25) is 0 Å². The van der Waals surface area contributed by atoms with Crippen molar-refractivity contribution < 1.29 is 50.7 Å². The summed E-state index contributed by atoms with van der Waals surface area (Å²) in [6.45, 7) is 6.28. The van der Waals surface area contributed by atoms with Crippen molar-refractivity contribution in [1.29, 1.82) is 0 Å². The fraction of sp³-hybridized carbons (Fsp3) is 0.121. The molecule has 9 N–H and O–H groups in total. The first-order valence-corrected chi connectivity index (χ1v) is 30.1. The number of nitrogens with two attached hydrogens (primary N) is 1. The number of nitrogens with one attached hydrogen (secondary N) is 5. The number of carbonyl (C=O) groups is 1. The Morgan fingerprint density at radius 1 is 0.543 bits per heavy atom. The second kappa shape index (κ2) is 29.0. The zero-order valence-electron chi connectivity index (χ0n) is 50.0.